The SMILES string of the molecule is CC(C)(C)OC(=O)C[C@H](C=O)O[Si](C)(C)C(C)(C)C. The maximum Gasteiger partial charge on any atom is 0.309 e. The summed E-state index contributed by atoms with van der Waals surface area (Å²) in [6.45, 7) is 15.8. The third-order valence-electron chi connectivity index (χ3n) is 3.19. The van der Waals surface area contributed by atoms with Crippen LogP contribution >= 0.6 is 0 Å². The number of rotatable bonds is 5. The van der Waals surface area contributed by atoms with Gasteiger partial charge >= 0.3 is 5.97 Å². The Bertz CT molecular complexity index is 323. The van der Waals surface area contributed by atoms with Gasteiger partial charge in [-0.05, 0) is 38.9 Å². The van der Waals surface area contributed by atoms with Crippen LogP contribution in [-0.4, -0.2) is 32.3 Å². The van der Waals surface area contributed by atoms with Crippen LogP contribution in [0.3, 0.4) is 0 Å². The first-order valence-corrected chi connectivity index (χ1v) is 9.54. The molecule has 0 spiro atoms. The van der Waals surface area contributed by atoms with E-state index in [2.05, 4.69) is 33.9 Å². The lowest BCUT2D eigenvalue weighted by Gasteiger charge is -2.37. The average Bonchev–Trinajstić information content (AvgIpc) is 2.11. The minimum absolute atomic E-state index is 0.00217. The third kappa shape index (κ3) is 6.87. The molecule has 0 aromatic carbocycles. The molecule has 0 rings (SSSR count). The first-order chi connectivity index (χ1) is 8.28. The number of aldehydes is 1. The molecule has 4 nitrogen and oxygen atoms in total. The highest BCUT2D eigenvalue weighted by Crippen LogP contribution is 2.37. The van der Waals surface area contributed by atoms with Crippen molar-refractivity contribution in [1.82, 2.24) is 0 Å². The molecule has 0 aromatic rings. The molecule has 5 heteroatoms. The second kappa shape index (κ2) is 6.18. The molecule has 19 heavy (non-hydrogen) atoms. The Morgan fingerprint density at radius 3 is 1.95 bits per heavy atom. The molecule has 0 fully saturated rings. The fourth-order valence-electron chi connectivity index (χ4n) is 1.22. The van der Waals surface area contributed by atoms with Gasteiger partial charge in [-0.2, -0.15) is 0 Å². The van der Waals surface area contributed by atoms with E-state index in [0.29, 0.717) is 6.29 Å². The second-order valence-electron chi connectivity index (χ2n) is 7.34. The highest BCUT2D eigenvalue weighted by molar-refractivity contribution is 6.74. The van der Waals surface area contributed by atoms with E-state index in [9.17, 15) is 9.59 Å². The topological polar surface area (TPSA) is 52.6 Å². The van der Waals surface area contributed by atoms with Gasteiger partial charge in [-0.25, -0.2) is 0 Å². The second-order valence-corrected chi connectivity index (χ2v) is 12.1. The Kier molecular flexibility index (Phi) is 5.96. The summed E-state index contributed by atoms with van der Waals surface area (Å²) >= 11 is 0. The Labute approximate surface area is 118 Å². The maximum absolute atomic E-state index is 11.7. The fraction of sp³-hybridized carbons (Fsp3) is 0.857. The molecule has 0 radical (unpaired) electrons. The first kappa shape index (κ1) is 18.3. The van der Waals surface area contributed by atoms with Crippen LogP contribution in [0.15, 0.2) is 0 Å². The van der Waals surface area contributed by atoms with Crippen LogP contribution in [0.4, 0.5) is 0 Å². The molecule has 0 saturated heterocycles. The van der Waals surface area contributed by atoms with Crippen LogP contribution in [0.1, 0.15) is 48.0 Å². The summed E-state index contributed by atoms with van der Waals surface area (Å²) < 4.78 is 11.1. The quantitative estimate of drug-likeness (QED) is 0.442. The van der Waals surface area contributed by atoms with Gasteiger partial charge in [0.1, 0.15) is 18.0 Å². The monoisotopic (exact) mass is 288 g/mol. The number of carbonyl (C=O) groups excluding carboxylic acids is 2. The van der Waals surface area contributed by atoms with E-state index in [0.717, 1.165) is 0 Å². The van der Waals surface area contributed by atoms with Crippen LogP contribution in [0.2, 0.25) is 18.1 Å². The molecule has 0 amide bonds. The lowest BCUT2D eigenvalue weighted by Crippen LogP contribution is -2.45. The molecule has 0 N–H and O–H groups in total. The van der Waals surface area contributed by atoms with E-state index in [1.54, 1.807) is 20.8 Å². The average molecular weight is 288 g/mol. The Morgan fingerprint density at radius 2 is 1.63 bits per heavy atom. The molecule has 0 saturated carbocycles. The van der Waals surface area contributed by atoms with Crippen molar-refractivity contribution >= 4 is 20.6 Å². The summed E-state index contributed by atoms with van der Waals surface area (Å²) in [7, 11) is -2.05. The van der Waals surface area contributed by atoms with Crippen molar-refractivity contribution in [3.8, 4) is 0 Å². The number of hydrogen-bond acceptors (Lipinski definition) is 4. The summed E-state index contributed by atoms with van der Waals surface area (Å²) in [6.07, 6.45) is -0.0340. The predicted octanol–water partition coefficient (Wildman–Crippen LogP) is 3.31. The summed E-state index contributed by atoms with van der Waals surface area (Å²) in [5.41, 5.74) is -0.540. The molecule has 0 unspecified atom stereocenters. The van der Waals surface area contributed by atoms with Gasteiger partial charge in [0.2, 0.25) is 0 Å². The molecule has 1 atom stereocenters. The zero-order chi connectivity index (χ0) is 15.5. The van der Waals surface area contributed by atoms with E-state index in [-0.39, 0.29) is 11.5 Å². The normalized spacial score (nSPS) is 14.9. The molecule has 0 heterocycles. The van der Waals surface area contributed by atoms with Crippen molar-refractivity contribution in [2.45, 2.75) is 77.8 Å². The van der Waals surface area contributed by atoms with Crippen molar-refractivity contribution in [3.63, 3.8) is 0 Å². The van der Waals surface area contributed by atoms with Gasteiger partial charge in [0, 0.05) is 0 Å². The van der Waals surface area contributed by atoms with Crippen molar-refractivity contribution in [2.75, 3.05) is 0 Å². The van der Waals surface area contributed by atoms with Gasteiger partial charge in [-0.1, -0.05) is 20.8 Å². The van der Waals surface area contributed by atoms with Gasteiger partial charge in [0.15, 0.2) is 8.32 Å². The summed E-state index contributed by atoms with van der Waals surface area (Å²) in [6, 6.07) is 0. The van der Waals surface area contributed by atoms with Gasteiger partial charge in [-0.3, -0.25) is 4.79 Å². The van der Waals surface area contributed by atoms with Crippen LogP contribution < -0.4 is 0 Å². The number of ether oxygens (including phenoxy) is 1. The predicted molar refractivity (Wildman–Crippen MR) is 78.6 cm³/mol. The van der Waals surface area contributed by atoms with Crippen molar-refractivity contribution in [2.24, 2.45) is 0 Å². The van der Waals surface area contributed by atoms with E-state index < -0.39 is 26.0 Å². The van der Waals surface area contributed by atoms with E-state index in [1.807, 2.05) is 0 Å². The minimum atomic E-state index is -2.05. The molecular weight excluding hydrogens is 260 g/mol. The maximum atomic E-state index is 11.7. The molecule has 0 bridgehead atoms. The minimum Gasteiger partial charge on any atom is -0.460 e. The van der Waals surface area contributed by atoms with Crippen molar-refractivity contribution in [3.05, 3.63) is 0 Å². The van der Waals surface area contributed by atoms with Gasteiger partial charge in [0.05, 0.1) is 6.42 Å². The third-order valence-corrected chi connectivity index (χ3v) is 7.70. The molecule has 0 aromatic heterocycles. The van der Waals surface area contributed by atoms with E-state index in [4.69, 9.17) is 9.16 Å². The Morgan fingerprint density at radius 1 is 1.16 bits per heavy atom. The highest BCUT2D eigenvalue weighted by Gasteiger charge is 2.39. The number of esters is 1. The van der Waals surface area contributed by atoms with E-state index in [1.165, 1.54) is 0 Å². The number of carbonyl (C=O) groups is 2. The van der Waals surface area contributed by atoms with Crippen molar-refractivity contribution < 1.29 is 18.8 Å². The standard InChI is InChI=1S/C14H28O4Si/c1-13(2,3)17-12(16)9-11(10-15)18-19(7,8)14(4,5)6/h10-11H,9H2,1-8H3/t11-/m1/s1. The highest BCUT2D eigenvalue weighted by atomic mass is 28.4. The van der Waals surface area contributed by atoms with Crippen LogP contribution in [0.25, 0.3) is 0 Å². The van der Waals surface area contributed by atoms with Gasteiger partial charge in [0.25, 0.3) is 0 Å². The largest absolute Gasteiger partial charge is 0.460 e. The van der Waals surface area contributed by atoms with Crippen molar-refractivity contribution in [1.29, 1.82) is 0 Å². The van der Waals surface area contributed by atoms with Crippen LogP contribution in [-0.2, 0) is 18.8 Å². The molecule has 112 valence electrons. The Balaban J connectivity index is 4.62. The summed E-state index contributed by atoms with van der Waals surface area (Å²) in [5.74, 6) is -0.400. The van der Waals surface area contributed by atoms with Crippen LogP contribution in [0, 0.1) is 0 Å². The van der Waals surface area contributed by atoms with E-state index >= 15 is 0 Å². The van der Waals surface area contributed by atoms with Gasteiger partial charge < -0.3 is 14.0 Å². The summed E-state index contributed by atoms with van der Waals surface area (Å²) in [5, 5.41) is 0.00217. The lowest BCUT2D eigenvalue weighted by molar-refractivity contribution is -0.157. The zero-order valence-electron chi connectivity index (χ0n) is 13.5. The lowest BCUT2D eigenvalue weighted by atomic mass is 10.2. The molecular formula is C14H28O4Si. The van der Waals surface area contributed by atoms with Gasteiger partial charge in [-0.15, -0.1) is 0 Å². The summed E-state index contributed by atoms with van der Waals surface area (Å²) in [4.78, 5) is 22.8. The smallest absolute Gasteiger partial charge is 0.309 e. The Hall–Kier alpha value is -0.683. The fourth-order valence-corrected chi connectivity index (χ4v) is 2.47. The number of hydrogen-bond donors (Lipinski definition) is 0. The van der Waals surface area contributed by atoms with Crippen LogP contribution in [0.5, 0.6) is 0 Å². The molecule has 0 aliphatic heterocycles. The first-order valence-electron chi connectivity index (χ1n) is 6.63. The molecule has 0 aliphatic rings. The zero-order valence-corrected chi connectivity index (χ0v) is 14.5. The molecule has 0 aliphatic carbocycles.